The van der Waals surface area contributed by atoms with Gasteiger partial charge >= 0.3 is 0 Å². The van der Waals surface area contributed by atoms with E-state index in [1.807, 2.05) is 14.0 Å². The normalized spacial score (nSPS) is 25.5. The van der Waals surface area contributed by atoms with E-state index in [1.165, 1.54) is 6.42 Å². The largest absolute Gasteiger partial charge is 0.480 e. The number of rotatable bonds is 2. The van der Waals surface area contributed by atoms with Crippen LogP contribution in [0.25, 0.3) is 0 Å². The molecule has 1 rings (SSSR count). The summed E-state index contributed by atoms with van der Waals surface area (Å²) in [6, 6.07) is 0.245. The Morgan fingerprint density at radius 3 is 2.91 bits per heavy atom. The van der Waals surface area contributed by atoms with Gasteiger partial charge in [-0.1, -0.05) is 0 Å². The number of likely N-dealkylation sites (tertiary alicyclic amines) is 1. The average molecular weight is 156 g/mol. The number of ether oxygens (including phenoxy) is 1. The van der Waals surface area contributed by atoms with Crippen molar-refractivity contribution in [3.63, 3.8) is 0 Å². The predicted octanol–water partition coefficient (Wildman–Crippen LogP) is 1.09. The first kappa shape index (κ1) is 8.53. The lowest BCUT2D eigenvalue weighted by Crippen LogP contribution is -2.33. The highest BCUT2D eigenvalue weighted by Gasteiger charge is 2.25. The molecule has 1 fully saturated rings. The van der Waals surface area contributed by atoms with Crippen LogP contribution < -0.4 is 0 Å². The van der Waals surface area contributed by atoms with E-state index in [9.17, 15) is 0 Å². The maximum Gasteiger partial charge on any atom is 0.198 e. The molecule has 1 aliphatic rings. The molecule has 1 heterocycles. The summed E-state index contributed by atoms with van der Waals surface area (Å²) in [6.07, 6.45) is 2.27. The van der Waals surface area contributed by atoms with Crippen LogP contribution in [-0.4, -0.2) is 37.0 Å². The summed E-state index contributed by atoms with van der Waals surface area (Å²) in [5, 5.41) is 7.55. The van der Waals surface area contributed by atoms with E-state index in [0.29, 0.717) is 12.5 Å². The van der Waals surface area contributed by atoms with E-state index < -0.39 is 0 Å². The van der Waals surface area contributed by atoms with E-state index in [1.54, 1.807) is 0 Å². The molecular formula is C8H16N2O. The van der Waals surface area contributed by atoms with Crippen molar-refractivity contribution in [2.45, 2.75) is 25.8 Å². The lowest BCUT2D eigenvalue weighted by Gasteiger charge is -2.19. The Bertz CT molecular complexity index is 147. The summed E-state index contributed by atoms with van der Waals surface area (Å²) in [6.45, 7) is 3.63. The van der Waals surface area contributed by atoms with Gasteiger partial charge in [-0.15, -0.1) is 0 Å². The molecule has 0 spiro atoms. The second kappa shape index (κ2) is 3.72. The third-order valence-corrected chi connectivity index (χ3v) is 2.12. The van der Waals surface area contributed by atoms with Crippen LogP contribution in [0.5, 0.6) is 0 Å². The van der Waals surface area contributed by atoms with E-state index in [4.69, 9.17) is 10.1 Å². The summed E-state index contributed by atoms with van der Waals surface area (Å²) in [5.41, 5.74) is 0. The van der Waals surface area contributed by atoms with Gasteiger partial charge in [0.25, 0.3) is 0 Å². The Morgan fingerprint density at radius 1 is 1.73 bits per heavy atom. The summed E-state index contributed by atoms with van der Waals surface area (Å²) < 4.78 is 5.14. The fraction of sp³-hybridized carbons (Fsp3) is 0.875. The molecule has 64 valence electrons. The predicted molar refractivity (Wildman–Crippen MR) is 45.0 cm³/mol. The van der Waals surface area contributed by atoms with Crippen LogP contribution in [0.2, 0.25) is 0 Å². The molecule has 1 atom stereocenters. The Kier molecular flexibility index (Phi) is 2.88. The number of hydrogen-bond donors (Lipinski definition) is 1. The van der Waals surface area contributed by atoms with Crippen LogP contribution in [-0.2, 0) is 4.74 Å². The summed E-state index contributed by atoms with van der Waals surface area (Å²) in [4.78, 5) is 2.18. The van der Waals surface area contributed by atoms with Crippen molar-refractivity contribution in [1.82, 2.24) is 4.90 Å². The van der Waals surface area contributed by atoms with E-state index >= 15 is 0 Å². The van der Waals surface area contributed by atoms with Crippen LogP contribution in [0.3, 0.4) is 0 Å². The van der Waals surface area contributed by atoms with Gasteiger partial charge < -0.3 is 4.74 Å². The topological polar surface area (TPSA) is 36.3 Å². The lowest BCUT2D eigenvalue weighted by atomic mass is 10.2. The first-order valence-electron chi connectivity index (χ1n) is 4.17. The molecule has 0 amide bonds. The van der Waals surface area contributed by atoms with E-state index in [0.717, 1.165) is 13.0 Å². The Hall–Kier alpha value is -0.570. The van der Waals surface area contributed by atoms with Gasteiger partial charge in [0, 0.05) is 0 Å². The van der Waals surface area contributed by atoms with E-state index in [-0.39, 0.29) is 6.04 Å². The smallest absolute Gasteiger partial charge is 0.198 e. The van der Waals surface area contributed by atoms with Gasteiger partial charge in [0.2, 0.25) is 0 Å². The zero-order chi connectivity index (χ0) is 8.27. The van der Waals surface area contributed by atoms with Crippen molar-refractivity contribution in [3.8, 4) is 0 Å². The van der Waals surface area contributed by atoms with Crippen LogP contribution in [0, 0.1) is 5.41 Å². The molecule has 1 saturated heterocycles. The molecule has 0 aromatic carbocycles. The molecule has 1 N–H and O–H groups in total. The number of nitrogens with zero attached hydrogens (tertiary/aromatic N) is 1. The van der Waals surface area contributed by atoms with Gasteiger partial charge in [-0.3, -0.25) is 10.3 Å². The van der Waals surface area contributed by atoms with Crippen LogP contribution in [0.1, 0.15) is 19.8 Å². The highest BCUT2D eigenvalue weighted by molar-refractivity contribution is 5.78. The molecule has 0 saturated carbocycles. The standard InChI is InChI=1S/C8H16N2O/c1-3-11-8(9)7-5-4-6-10(7)2/h7,9H,3-6H2,1-2H3/t7-/m0/s1. The van der Waals surface area contributed by atoms with Gasteiger partial charge in [0.1, 0.15) is 0 Å². The SMILES string of the molecule is CCOC(=N)[C@@H]1CCCN1C. The third kappa shape index (κ3) is 1.93. The van der Waals surface area contributed by atoms with E-state index in [2.05, 4.69) is 4.90 Å². The first-order valence-corrected chi connectivity index (χ1v) is 4.17. The maximum absolute atomic E-state index is 7.55. The first-order chi connectivity index (χ1) is 5.25. The Balaban J connectivity index is 2.39. The van der Waals surface area contributed by atoms with Gasteiger partial charge in [0.05, 0.1) is 12.6 Å². The lowest BCUT2D eigenvalue weighted by molar-refractivity contribution is 0.265. The zero-order valence-corrected chi connectivity index (χ0v) is 7.26. The highest BCUT2D eigenvalue weighted by Crippen LogP contribution is 2.15. The number of hydrogen-bond acceptors (Lipinski definition) is 3. The average Bonchev–Trinajstić information content (AvgIpc) is 2.36. The molecule has 0 radical (unpaired) electrons. The van der Waals surface area contributed by atoms with Crippen LogP contribution in [0.15, 0.2) is 0 Å². The molecule has 3 heteroatoms. The molecule has 0 bridgehead atoms. The van der Waals surface area contributed by atoms with Crippen LogP contribution >= 0.6 is 0 Å². The summed E-state index contributed by atoms with van der Waals surface area (Å²) >= 11 is 0. The fourth-order valence-corrected chi connectivity index (χ4v) is 1.49. The summed E-state index contributed by atoms with van der Waals surface area (Å²) in [5.74, 6) is 0.438. The number of likely N-dealkylation sites (N-methyl/N-ethyl adjacent to an activating group) is 1. The Labute approximate surface area is 67.8 Å². The molecule has 3 nitrogen and oxygen atoms in total. The molecule has 11 heavy (non-hydrogen) atoms. The molecule has 0 aliphatic carbocycles. The fourth-order valence-electron chi connectivity index (χ4n) is 1.49. The minimum absolute atomic E-state index is 0.245. The monoisotopic (exact) mass is 156 g/mol. The zero-order valence-electron chi connectivity index (χ0n) is 7.26. The molecular weight excluding hydrogens is 140 g/mol. The second-order valence-electron chi connectivity index (χ2n) is 2.94. The quantitative estimate of drug-likeness (QED) is 0.480. The number of nitrogens with one attached hydrogen (secondary N) is 1. The van der Waals surface area contributed by atoms with Crippen molar-refractivity contribution in [1.29, 1.82) is 5.41 Å². The highest BCUT2D eigenvalue weighted by atomic mass is 16.5. The van der Waals surface area contributed by atoms with Gasteiger partial charge in [0.15, 0.2) is 5.90 Å². The molecule has 0 aromatic heterocycles. The minimum atomic E-state index is 0.245. The second-order valence-corrected chi connectivity index (χ2v) is 2.94. The Morgan fingerprint density at radius 2 is 2.45 bits per heavy atom. The minimum Gasteiger partial charge on any atom is -0.480 e. The van der Waals surface area contributed by atoms with Crippen LogP contribution in [0.4, 0.5) is 0 Å². The van der Waals surface area contributed by atoms with Gasteiger partial charge in [-0.2, -0.15) is 0 Å². The van der Waals surface area contributed by atoms with Crippen molar-refractivity contribution in [2.75, 3.05) is 20.2 Å². The van der Waals surface area contributed by atoms with Crippen molar-refractivity contribution < 1.29 is 4.74 Å². The van der Waals surface area contributed by atoms with Gasteiger partial charge in [-0.05, 0) is 33.4 Å². The maximum atomic E-state index is 7.55. The van der Waals surface area contributed by atoms with Crippen molar-refractivity contribution >= 4 is 5.90 Å². The summed E-state index contributed by atoms with van der Waals surface area (Å²) in [7, 11) is 2.05. The molecule has 0 aromatic rings. The van der Waals surface area contributed by atoms with Crippen molar-refractivity contribution in [3.05, 3.63) is 0 Å². The molecule has 1 aliphatic heterocycles. The van der Waals surface area contributed by atoms with Gasteiger partial charge in [-0.25, -0.2) is 0 Å². The van der Waals surface area contributed by atoms with Crippen molar-refractivity contribution in [2.24, 2.45) is 0 Å². The third-order valence-electron chi connectivity index (χ3n) is 2.12. The molecule has 0 unspecified atom stereocenters.